The molecule has 0 saturated carbocycles. The molecule has 1 aromatic rings. The highest BCUT2D eigenvalue weighted by Gasteiger charge is 2.09. The van der Waals surface area contributed by atoms with E-state index in [1.54, 1.807) is 12.1 Å². The van der Waals surface area contributed by atoms with Gasteiger partial charge in [-0.15, -0.1) is 3.89 Å². The zero-order valence-corrected chi connectivity index (χ0v) is 8.36. The lowest BCUT2D eigenvalue weighted by Gasteiger charge is -1.91. The van der Waals surface area contributed by atoms with Crippen LogP contribution in [-0.2, 0) is 16.6 Å². The Kier molecular flexibility index (Phi) is 2.89. The number of halogens is 2. The summed E-state index contributed by atoms with van der Waals surface area (Å²) in [6.45, 7) is 0. The molecule has 1 rings (SSSR count). The van der Waals surface area contributed by atoms with Crippen molar-refractivity contribution < 1.29 is 16.7 Å². The highest BCUT2D eigenvalue weighted by Crippen LogP contribution is 2.14. The minimum Gasteiger partial charge on any atom is -0.454 e. The molecule has 0 unspecified atom stereocenters. The lowest BCUT2D eigenvalue weighted by Crippen LogP contribution is -2.00. The van der Waals surface area contributed by atoms with Gasteiger partial charge in [-0.3, -0.25) is 0 Å². The molecular formula is C6H6BrFO3S. The summed E-state index contributed by atoms with van der Waals surface area (Å²) in [5.74, 6) is -0.0875. The van der Waals surface area contributed by atoms with E-state index in [1.807, 2.05) is 0 Å². The number of furan rings is 1. The van der Waals surface area contributed by atoms with Gasteiger partial charge in [0.2, 0.25) is 0 Å². The van der Waals surface area contributed by atoms with E-state index < -0.39 is 16.0 Å². The molecule has 0 saturated heterocycles. The van der Waals surface area contributed by atoms with E-state index >= 15 is 0 Å². The lowest BCUT2D eigenvalue weighted by atomic mass is 10.4. The molecule has 0 aromatic carbocycles. The number of aryl methyl sites for hydroxylation is 1. The van der Waals surface area contributed by atoms with Crippen LogP contribution >= 0.6 is 15.9 Å². The van der Waals surface area contributed by atoms with E-state index in [1.165, 1.54) is 0 Å². The number of hydrogen-bond donors (Lipinski definition) is 0. The van der Waals surface area contributed by atoms with E-state index in [9.17, 15) is 12.3 Å². The third kappa shape index (κ3) is 3.36. The third-order valence-corrected chi connectivity index (χ3v) is 2.34. The molecule has 1 heterocycles. The Balaban J connectivity index is 2.55. The summed E-state index contributed by atoms with van der Waals surface area (Å²) in [7, 11) is -4.39. The average Bonchev–Trinajstić information content (AvgIpc) is 2.30. The van der Waals surface area contributed by atoms with Crippen molar-refractivity contribution in [3.63, 3.8) is 0 Å². The van der Waals surface area contributed by atoms with Crippen molar-refractivity contribution in [3.8, 4) is 0 Å². The van der Waals surface area contributed by atoms with Crippen molar-refractivity contribution in [1.82, 2.24) is 0 Å². The predicted molar refractivity (Wildman–Crippen MR) is 45.0 cm³/mol. The maximum Gasteiger partial charge on any atom is 0.302 e. The minimum absolute atomic E-state index is 0.0600. The molecule has 0 N–H and O–H groups in total. The summed E-state index contributed by atoms with van der Waals surface area (Å²) < 4.78 is 37.7. The summed E-state index contributed by atoms with van der Waals surface area (Å²) in [5, 5.41) is 0. The fourth-order valence-electron chi connectivity index (χ4n) is 0.709. The molecule has 68 valence electrons. The van der Waals surface area contributed by atoms with Crippen LogP contribution in [0.4, 0.5) is 3.89 Å². The molecule has 12 heavy (non-hydrogen) atoms. The monoisotopic (exact) mass is 256 g/mol. The van der Waals surface area contributed by atoms with Gasteiger partial charge in [0, 0.05) is 6.42 Å². The summed E-state index contributed by atoms with van der Waals surface area (Å²) in [4.78, 5) is 0. The molecule has 3 nitrogen and oxygen atoms in total. The van der Waals surface area contributed by atoms with Gasteiger partial charge in [-0.05, 0) is 28.1 Å². The SMILES string of the molecule is O=S(=O)(F)CCc1ccc(Br)o1. The van der Waals surface area contributed by atoms with Crippen LogP contribution in [0, 0.1) is 0 Å². The van der Waals surface area contributed by atoms with Gasteiger partial charge in [0.25, 0.3) is 0 Å². The fourth-order valence-corrected chi connectivity index (χ4v) is 1.49. The first-order chi connectivity index (χ1) is 5.47. The van der Waals surface area contributed by atoms with Crippen LogP contribution in [0.5, 0.6) is 0 Å². The summed E-state index contributed by atoms with van der Waals surface area (Å²) >= 11 is 3.04. The van der Waals surface area contributed by atoms with Gasteiger partial charge in [-0.1, -0.05) is 0 Å². The molecule has 0 spiro atoms. The molecule has 0 bridgehead atoms. The highest BCUT2D eigenvalue weighted by molar-refractivity contribution is 9.10. The van der Waals surface area contributed by atoms with Crippen LogP contribution in [0.25, 0.3) is 0 Å². The van der Waals surface area contributed by atoms with Crippen LogP contribution in [0.3, 0.4) is 0 Å². The molecule has 0 aliphatic carbocycles. The van der Waals surface area contributed by atoms with Crippen molar-refractivity contribution in [2.24, 2.45) is 0 Å². The fraction of sp³-hybridized carbons (Fsp3) is 0.333. The average molecular weight is 257 g/mol. The van der Waals surface area contributed by atoms with Gasteiger partial charge < -0.3 is 4.42 Å². The summed E-state index contributed by atoms with van der Waals surface area (Å²) in [6.07, 6.45) is 0.0600. The second-order valence-corrected chi connectivity index (χ2v) is 4.47. The Labute approximate surface area is 77.9 Å². The quantitative estimate of drug-likeness (QED) is 0.777. The second kappa shape index (κ2) is 3.57. The van der Waals surface area contributed by atoms with E-state index in [0.29, 0.717) is 10.4 Å². The van der Waals surface area contributed by atoms with Crippen molar-refractivity contribution in [1.29, 1.82) is 0 Å². The Hall–Kier alpha value is -0.360. The van der Waals surface area contributed by atoms with E-state index in [-0.39, 0.29) is 6.42 Å². The first-order valence-electron chi connectivity index (χ1n) is 3.14. The third-order valence-electron chi connectivity index (χ3n) is 1.22. The van der Waals surface area contributed by atoms with Gasteiger partial charge in [0.05, 0.1) is 5.75 Å². The van der Waals surface area contributed by atoms with E-state index in [4.69, 9.17) is 4.42 Å². The Morgan fingerprint density at radius 1 is 1.50 bits per heavy atom. The first-order valence-corrected chi connectivity index (χ1v) is 5.48. The zero-order chi connectivity index (χ0) is 9.19. The van der Waals surface area contributed by atoms with Gasteiger partial charge in [0.15, 0.2) is 4.67 Å². The molecular weight excluding hydrogens is 251 g/mol. The van der Waals surface area contributed by atoms with E-state index in [2.05, 4.69) is 15.9 Å². The largest absolute Gasteiger partial charge is 0.454 e. The second-order valence-electron chi connectivity index (χ2n) is 2.20. The van der Waals surface area contributed by atoms with Crippen molar-refractivity contribution in [3.05, 3.63) is 22.6 Å². The molecule has 1 aromatic heterocycles. The lowest BCUT2D eigenvalue weighted by molar-refractivity contribution is 0.489. The van der Waals surface area contributed by atoms with Crippen LogP contribution < -0.4 is 0 Å². The smallest absolute Gasteiger partial charge is 0.302 e. The molecule has 0 aliphatic rings. The van der Waals surface area contributed by atoms with Crippen molar-refractivity contribution in [2.45, 2.75) is 6.42 Å². The number of rotatable bonds is 3. The first kappa shape index (κ1) is 9.73. The molecule has 0 fully saturated rings. The predicted octanol–water partition coefficient (Wildman–Crippen LogP) is 1.88. The van der Waals surface area contributed by atoms with Gasteiger partial charge in [-0.2, -0.15) is 8.42 Å². The standard InChI is InChI=1S/C6H6BrFO3S/c7-6-2-1-5(11-6)3-4-12(8,9)10/h1-2H,3-4H2. The van der Waals surface area contributed by atoms with Crippen LogP contribution in [0.2, 0.25) is 0 Å². The summed E-state index contributed by atoms with van der Waals surface area (Å²) in [5.41, 5.74) is 0. The van der Waals surface area contributed by atoms with Crippen LogP contribution in [-0.4, -0.2) is 14.2 Å². The summed E-state index contributed by atoms with van der Waals surface area (Å²) in [6, 6.07) is 3.22. The topological polar surface area (TPSA) is 47.3 Å². The number of hydrogen-bond acceptors (Lipinski definition) is 3. The van der Waals surface area contributed by atoms with Gasteiger partial charge in [0.1, 0.15) is 5.76 Å². The Morgan fingerprint density at radius 3 is 2.58 bits per heavy atom. The Morgan fingerprint density at radius 2 is 2.17 bits per heavy atom. The van der Waals surface area contributed by atoms with Crippen molar-refractivity contribution >= 4 is 26.2 Å². The van der Waals surface area contributed by atoms with Gasteiger partial charge in [-0.25, -0.2) is 0 Å². The molecule has 0 aliphatic heterocycles. The van der Waals surface area contributed by atoms with Crippen molar-refractivity contribution in [2.75, 3.05) is 5.75 Å². The molecule has 0 amide bonds. The molecule has 0 atom stereocenters. The normalized spacial score (nSPS) is 11.8. The van der Waals surface area contributed by atoms with Crippen LogP contribution in [0.15, 0.2) is 21.2 Å². The minimum atomic E-state index is -4.39. The molecule has 0 radical (unpaired) electrons. The van der Waals surface area contributed by atoms with Crippen LogP contribution in [0.1, 0.15) is 5.76 Å². The maximum atomic E-state index is 12.0. The van der Waals surface area contributed by atoms with Gasteiger partial charge >= 0.3 is 10.2 Å². The maximum absolute atomic E-state index is 12.0. The zero-order valence-electron chi connectivity index (χ0n) is 5.96. The van der Waals surface area contributed by atoms with E-state index in [0.717, 1.165) is 0 Å². The Bertz CT molecular complexity index is 357. The molecule has 6 heteroatoms. The highest BCUT2D eigenvalue weighted by atomic mass is 79.9.